The molecule has 0 aliphatic heterocycles. The number of ether oxygens (including phenoxy) is 1. The second-order valence-corrected chi connectivity index (χ2v) is 3.64. The molecular weight excluding hydrogens is 248 g/mol. The third-order valence-corrected chi connectivity index (χ3v) is 2.41. The topological polar surface area (TPSA) is 89.3 Å². The van der Waals surface area contributed by atoms with Crippen molar-refractivity contribution >= 4 is 11.7 Å². The first-order valence-electron chi connectivity index (χ1n) is 5.63. The molecule has 0 fully saturated rings. The summed E-state index contributed by atoms with van der Waals surface area (Å²) < 4.78 is 10.4. The molecule has 0 atom stereocenters. The molecule has 0 aromatic carbocycles. The second kappa shape index (κ2) is 5.85. The highest BCUT2D eigenvalue weighted by atomic mass is 16.5. The lowest BCUT2D eigenvalue weighted by molar-refractivity contribution is 0.0934. The molecule has 2 aromatic rings. The number of nitrogens with zero attached hydrogens (tertiary/aromatic N) is 2. The number of amides is 1. The van der Waals surface area contributed by atoms with Gasteiger partial charge in [0.15, 0.2) is 5.76 Å². The Morgan fingerprint density at radius 1 is 1.42 bits per heavy atom. The highest BCUT2D eigenvalue weighted by Gasteiger charge is 2.09. The fourth-order valence-corrected chi connectivity index (χ4v) is 1.44. The van der Waals surface area contributed by atoms with E-state index in [-0.39, 0.29) is 11.7 Å². The van der Waals surface area contributed by atoms with E-state index >= 15 is 0 Å². The van der Waals surface area contributed by atoms with E-state index in [1.807, 2.05) is 0 Å². The van der Waals surface area contributed by atoms with Crippen molar-refractivity contribution in [3.8, 4) is 5.88 Å². The van der Waals surface area contributed by atoms with Gasteiger partial charge < -0.3 is 19.8 Å². The maximum absolute atomic E-state index is 11.3. The van der Waals surface area contributed by atoms with Gasteiger partial charge >= 0.3 is 0 Å². The number of carbonyl (C=O) groups excluding carboxylic acids is 1. The smallest absolute Gasteiger partial charge is 0.286 e. The molecule has 0 aliphatic rings. The number of furan rings is 1. The predicted molar refractivity (Wildman–Crippen MR) is 68.0 cm³/mol. The number of aromatic nitrogens is 2. The number of methoxy groups -OCH3 is 1. The minimum Gasteiger partial charge on any atom is -0.481 e. The van der Waals surface area contributed by atoms with Crippen LogP contribution in [0.2, 0.25) is 0 Å². The lowest BCUT2D eigenvalue weighted by Gasteiger charge is -2.04. The minimum absolute atomic E-state index is 0.255. The van der Waals surface area contributed by atoms with Crippen molar-refractivity contribution < 1.29 is 13.9 Å². The molecular formula is C12H14N4O3. The molecule has 2 rings (SSSR count). The van der Waals surface area contributed by atoms with Crippen molar-refractivity contribution in [2.45, 2.75) is 6.54 Å². The summed E-state index contributed by atoms with van der Waals surface area (Å²) in [7, 11) is 3.09. The number of hydrogen-bond acceptors (Lipinski definition) is 6. The molecule has 2 aromatic heterocycles. The van der Waals surface area contributed by atoms with Crippen LogP contribution in [0.1, 0.15) is 16.3 Å². The average Bonchev–Trinajstić information content (AvgIpc) is 2.93. The van der Waals surface area contributed by atoms with E-state index < -0.39 is 0 Å². The maximum Gasteiger partial charge on any atom is 0.286 e. The van der Waals surface area contributed by atoms with Crippen molar-refractivity contribution in [3.05, 3.63) is 36.0 Å². The molecule has 0 spiro atoms. The fraction of sp³-hybridized carbons (Fsp3) is 0.250. The quantitative estimate of drug-likeness (QED) is 0.837. The van der Waals surface area contributed by atoms with Crippen molar-refractivity contribution in [1.29, 1.82) is 0 Å². The van der Waals surface area contributed by atoms with Crippen LogP contribution in [0.15, 0.2) is 28.9 Å². The molecule has 0 saturated carbocycles. The van der Waals surface area contributed by atoms with Gasteiger partial charge in [-0.15, -0.1) is 0 Å². The molecule has 19 heavy (non-hydrogen) atoms. The molecule has 0 bridgehead atoms. The van der Waals surface area contributed by atoms with Gasteiger partial charge in [-0.2, -0.15) is 0 Å². The van der Waals surface area contributed by atoms with Crippen LogP contribution in [0.25, 0.3) is 0 Å². The Morgan fingerprint density at radius 2 is 2.26 bits per heavy atom. The number of hydrogen-bond donors (Lipinski definition) is 2. The Kier molecular flexibility index (Phi) is 3.97. The maximum atomic E-state index is 11.3. The van der Waals surface area contributed by atoms with Crippen molar-refractivity contribution in [1.82, 2.24) is 15.3 Å². The van der Waals surface area contributed by atoms with Crippen LogP contribution >= 0.6 is 0 Å². The second-order valence-electron chi connectivity index (χ2n) is 3.64. The van der Waals surface area contributed by atoms with Gasteiger partial charge in [0.05, 0.1) is 13.7 Å². The van der Waals surface area contributed by atoms with Crippen LogP contribution in [0.5, 0.6) is 5.88 Å². The fourth-order valence-electron chi connectivity index (χ4n) is 1.44. The zero-order valence-electron chi connectivity index (χ0n) is 10.6. The van der Waals surface area contributed by atoms with Gasteiger partial charge in [0.1, 0.15) is 17.9 Å². The molecule has 7 heteroatoms. The first-order chi connectivity index (χ1) is 9.22. The standard InChI is InChI=1S/C12H14N4O3/c1-13-12(17)9-4-3-8(19-9)6-14-10-5-11(18-2)16-7-15-10/h3-5,7H,6H2,1-2H3,(H,13,17)(H,14,15,16). The van der Waals surface area contributed by atoms with Crippen LogP contribution < -0.4 is 15.4 Å². The monoisotopic (exact) mass is 262 g/mol. The highest BCUT2D eigenvalue weighted by Crippen LogP contribution is 2.13. The zero-order valence-corrected chi connectivity index (χ0v) is 10.6. The highest BCUT2D eigenvalue weighted by molar-refractivity contribution is 5.91. The molecule has 2 N–H and O–H groups in total. The first kappa shape index (κ1) is 12.9. The Balaban J connectivity index is 1.98. The van der Waals surface area contributed by atoms with E-state index in [9.17, 15) is 4.79 Å². The molecule has 0 unspecified atom stereocenters. The van der Waals surface area contributed by atoms with Gasteiger partial charge in [-0.05, 0) is 12.1 Å². The third-order valence-electron chi connectivity index (χ3n) is 2.41. The summed E-state index contributed by atoms with van der Waals surface area (Å²) in [6.07, 6.45) is 1.40. The number of anilines is 1. The van der Waals surface area contributed by atoms with Crippen LogP contribution in [-0.2, 0) is 6.54 Å². The first-order valence-corrected chi connectivity index (χ1v) is 5.63. The lowest BCUT2D eigenvalue weighted by Crippen LogP contribution is -2.16. The summed E-state index contributed by atoms with van der Waals surface area (Å²) in [4.78, 5) is 19.3. The summed E-state index contributed by atoms with van der Waals surface area (Å²) in [6, 6.07) is 5.02. The Bertz CT molecular complexity index is 568. The predicted octanol–water partition coefficient (Wildman–Crippen LogP) is 1.05. The van der Waals surface area contributed by atoms with Crippen molar-refractivity contribution in [2.75, 3.05) is 19.5 Å². The summed E-state index contributed by atoms with van der Waals surface area (Å²) >= 11 is 0. The van der Waals surface area contributed by atoms with E-state index in [1.54, 1.807) is 25.2 Å². The van der Waals surface area contributed by atoms with Gasteiger partial charge in [0.25, 0.3) is 5.91 Å². The summed E-state index contributed by atoms with van der Waals surface area (Å²) in [5.74, 6) is 1.75. The van der Waals surface area contributed by atoms with Gasteiger partial charge in [0, 0.05) is 13.1 Å². The van der Waals surface area contributed by atoms with Crippen LogP contribution in [0.3, 0.4) is 0 Å². The van der Waals surface area contributed by atoms with Crippen molar-refractivity contribution in [2.24, 2.45) is 0 Å². The summed E-state index contributed by atoms with van der Waals surface area (Å²) in [5, 5.41) is 5.54. The molecule has 2 heterocycles. The van der Waals surface area contributed by atoms with E-state index in [0.717, 1.165) is 0 Å². The summed E-state index contributed by atoms with van der Waals surface area (Å²) in [6.45, 7) is 0.414. The SMILES string of the molecule is CNC(=O)c1ccc(CNc2cc(OC)ncn2)o1. The number of carbonyl (C=O) groups is 1. The van der Waals surface area contributed by atoms with Gasteiger partial charge in [-0.1, -0.05) is 0 Å². The molecule has 0 radical (unpaired) electrons. The molecule has 7 nitrogen and oxygen atoms in total. The number of nitrogens with one attached hydrogen (secondary N) is 2. The number of rotatable bonds is 5. The van der Waals surface area contributed by atoms with Gasteiger partial charge in [-0.25, -0.2) is 9.97 Å². The molecule has 100 valence electrons. The molecule has 0 aliphatic carbocycles. The normalized spacial score (nSPS) is 10.0. The largest absolute Gasteiger partial charge is 0.481 e. The van der Waals surface area contributed by atoms with E-state index in [4.69, 9.17) is 9.15 Å². The third kappa shape index (κ3) is 3.21. The van der Waals surface area contributed by atoms with E-state index in [1.165, 1.54) is 13.4 Å². The Morgan fingerprint density at radius 3 is 3.00 bits per heavy atom. The molecule has 0 saturated heterocycles. The van der Waals surface area contributed by atoms with E-state index in [0.29, 0.717) is 24.0 Å². The minimum atomic E-state index is -0.255. The van der Waals surface area contributed by atoms with Gasteiger partial charge in [0.2, 0.25) is 5.88 Å². The lowest BCUT2D eigenvalue weighted by atomic mass is 10.4. The van der Waals surface area contributed by atoms with Crippen LogP contribution in [-0.4, -0.2) is 30.0 Å². The van der Waals surface area contributed by atoms with E-state index in [2.05, 4.69) is 20.6 Å². The molecule has 1 amide bonds. The van der Waals surface area contributed by atoms with Crippen LogP contribution in [0.4, 0.5) is 5.82 Å². The van der Waals surface area contributed by atoms with Gasteiger partial charge in [-0.3, -0.25) is 4.79 Å². The van der Waals surface area contributed by atoms with Crippen LogP contribution in [0, 0.1) is 0 Å². The summed E-state index contributed by atoms with van der Waals surface area (Å²) in [5.41, 5.74) is 0. The average molecular weight is 262 g/mol. The Labute approximate surface area is 110 Å². The Hall–Kier alpha value is -2.57. The van der Waals surface area contributed by atoms with Crippen molar-refractivity contribution in [3.63, 3.8) is 0 Å². The zero-order chi connectivity index (χ0) is 13.7.